The third-order valence-electron chi connectivity index (χ3n) is 7.19. The Morgan fingerprint density at radius 2 is 1.90 bits per heavy atom. The van der Waals surface area contributed by atoms with Crippen molar-refractivity contribution in [2.45, 2.75) is 13.5 Å². The van der Waals surface area contributed by atoms with E-state index in [1.807, 2.05) is 30.3 Å². The molecule has 6 rings (SSSR count). The Morgan fingerprint density at radius 3 is 2.70 bits per heavy atom. The highest BCUT2D eigenvalue weighted by Gasteiger charge is 2.16. The second-order valence-corrected chi connectivity index (χ2v) is 10.1. The Kier molecular flexibility index (Phi) is 7.22. The Hall–Kier alpha value is -4.60. The van der Waals surface area contributed by atoms with Gasteiger partial charge in [-0.3, -0.25) is 14.7 Å². The van der Waals surface area contributed by atoms with Crippen molar-refractivity contribution in [3.63, 3.8) is 0 Å². The average Bonchev–Trinajstić information content (AvgIpc) is 3.46. The van der Waals surface area contributed by atoms with E-state index < -0.39 is 0 Å². The van der Waals surface area contributed by atoms with Crippen LogP contribution in [0.25, 0.3) is 22.4 Å². The van der Waals surface area contributed by atoms with Crippen LogP contribution in [-0.4, -0.2) is 68.9 Å². The zero-order valence-corrected chi connectivity index (χ0v) is 22.6. The molecule has 202 valence electrons. The fraction of sp³-hybridized carbons (Fsp3) is 0.226. The number of carbonyl (C=O) groups is 1. The fourth-order valence-electron chi connectivity index (χ4n) is 4.83. The van der Waals surface area contributed by atoms with E-state index in [1.165, 1.54) is 5.56 Å². The van der Waals surface area contributed by atoms with E-state index in [-0.39, 0.29) is 5.91 Å². The molecule has 1 aliphatic heterocycles. The van der Waals surface area contributed by atoms with Crippen molar-refractivity contribution in [1.82, 2.24) is 29.7 Å². The number of anilines is 1. The van der Waals surface area contributed by atoms with Gasteiger partial charge < -0.3 is 19.9 Å². The number of ether oxygens (including phenoxy) is 1. The predicted molar refractivity (Wildman–Crippen MR) is 156 cm³/mol. The number of pyridine rings is 1. The molecule has 0 atom stereocenters. The average molecular weight is 534 g/mol. The van der Waals surface area contributed by atoms with Crippen molar-refractivity contribution in [3.8, 4) is 23.0 Å². The summed E-state index contributed by atoms with van der Waals surface area (Å²) in [6, 6.07) is 18.8. The van der Waals surface area contributed by atoms with Gasteiger partial charge in [0.25, 0.3) is 5.91 Å². The molecule has 1 amide bonds. The van der Waals surface area contributed by atoms with Gasteiger partial charge in [-0.25, -0.2) is 4.98 Å². The number of aromatic amines is 1. The van der Waals surface area contributed by atoms with Crippen LogP contribution in [0.3, 0.4) is 0 Å². The van der Waals surface area contributed by atoms with Crippen molar-refractivity contribution in [2.24, 2.45) is 0 Å². The summed E-state index contributed by atoms with van der Waals surface area (Å²) in [6.45, 7) is 7.35. The van der Waals surface area contributed by atoms with Crippen LogP contribution in [0, 0.1) is 6.92 Å². The first-order valence-corrected chi connectivity index (χ1v) is 13.4. The number of benzene rings is 2. The lowest BCUT2D eigenvalue weighted by molar-refractivity contribution is 0.102. The molecular weight excluding hydrogens is 502 g/mol. The smallest absolute Gasteiger partial charge is 0.255 e. The van der Waals surface area contributed by atoms with Gasteiger partial charge in [-0.1, -0.05) is 12.1 Å². The molecule has 9 nitrogen and oxygen atoms in total. The predicted octanol–water partition coefficient (Wildman–Crippen LogP) is 5.12. The van der Waals surface area contributed by atoms with Crippen molar-refractivity contribution < 1.29 is 9.53 Å². The van der Waals surface area contributed by atoms with E-state index >= 15 is 0 Å². The number of fused-ring (bicyclic) bond motifs is 1. The second kappa shape index (κ2) is 11.3. The molecule has 3 aromatic heterocycles. The molecule has 0 spiro atoms. The summed E-state index contributed by atoms with van der Waals surface area (Å²) >= 11 is 0. The highest BCUT2D eigenvalue weighted by molar-refractivity contribution is 6.04. The van der Waals surface area contributed by atoms with E-state index in [0.29, 0.717) is 28.5 Å². The van der Waals surface area contributed by atoms with Crippen LogP contribution >= 0.6 is 0 Å². The minimum Gasteiger partial charge on any atom is -0.437 e. The van der Waals surface area contributed by atoms with E-state index in [2.05, 4.69) is 55.1 Å². The Morgan fingerprint density at radius 1 is 1.02 bits per heavy atom. The quantitative estimate of drug-likeness (QED) is 0.300. The van der Waals surface area contributed by atoms with E-state index in [1.54, 1.807) is 42.9 Å². The van der Waals surface area contributed by atoms with Gasteiger partial charge in [0, 0.05) is 68.1 Å². The number of likely N-dealkylation sites (N-methyl/N-ethyl adjacent to an activating group) is 1. The van der Waals surface area contributed by atoms with Crippen molar-refractivity contribution in [1.29, 1.82) is 0 Å². The molecule has 0 aliphatic carbocycles. The maximum Gasteiger partial charge on any atom is 0.255 e. The number of aryl methyl sites for hydroxylation is 1. The number of hydrogen-bond acceptors (Lipinski definition) is 7. The van der Waals surface area contributed by atoms with Gasteiger partial charge in [-0.15, -0.1) is 0 Å². The molecule has 0 bridgehead atoms. The number of rotatable bonds is 7. The molecule has 1 saturated heterocycles. The number of amides is 1. The third-order valence-corrected chi connectivity index (χ3v) is 7.19. The zero-order chi connectivity index (χ0) is 27.5. The van der Waals surface area contributed by atoms with Crippen LogP contribution in [0.15, 0.2) is 79.3 Å². The topological polar surface area (TPSA) is 99.3 Å². The molecule has 0 saturated carbocycles. The SMILES string of the molecule is Cc1cc(NC(=O)c2cccc(Oc3nc(-c4cccnc4)nc4cc[nH]c34)c2)ccc1CN1CCN(C)CC1. The van der Waals surface area contributed by atoms with Gasteiger partial charge in [-0.05, 0) is 73.6 Å². The standard InChI is InChI=1S/C31H31N7O2/c1-21-17-25(9-8-24(21)20-38-15-13-37(2)14-16-38)34-30(39)22-5-3-7-26(18-22)40-31-28-27(10-12-33-28)35-29(36-31)23-6-4-11-32-19-23/h3-12,17-19,33H,13-16,20H2,1-2H3,(H,34,39). The summed E-state index contributed by atoms with van der Waals surface area (Å²) < 4.78 is 6.18. The maximum atomic E-state index is 13.2. The molecular formula is C31H31N7O2. The molecule has 40 heavy (non-hydrogen) atoms. The third kappa shape index (κ3) is 5.70. The first-order chi connectivity index (χ1) is 19.5. The number of hydrogen-bond donors (Lipinski definition) is 2. The van der Waals surface area contributed by atoms with E-state index in [9.17, 15) is 4.79 Å². The second-order valence-electron chi connectivity index (χ2n) is 10.1. The molecule has 1 fully saturated rings. The van der Waals surface area contributed by atoms with Gasteiger partial charge in [0.1, 0.15) is 11.3 Å². The van der Waals surface area contributed by atoms with E-state index in [0.717, 1.165) is 55.1 Å². The van der Waals surface area contributed by atoms with Gasteiger partial charge in [0.15, 0.2) is 5.82 Å². The highest BCUT2D eigenvalue weighted by Crippen LogP contribution is 2.29. The first-order valence-electron chi connectivity index (χ1n) is 13.4. The minimum atomic E-state index is -0.208. The lowest BCUT2D eigenvalue weighted by Crippen LogP contribution is -2.43. The Balaban J connectivity index is 1.17. The summed E-state index contributed by atoms with van der Waals surface area (Å²) in [5.41, 5.74) is 5.88. The van der Waals surface area contributed by atoms with Crippen LogP contribution < -0.4 is 10.1 Å². The summed E-state index contributed by atoms with van der Waals surface area (Å²) in [5, 5.41) is 3.03. The van der Waals surface area contributed by atoms with Crippen LogP contribution in [0.2, 0.25) is 0 Å². The van der Waals surface area contributed by atoms with Crippen LogP contribution in [0.5, 0.6) is 11.6 Å². The molecule has 2 aromatic carbocycles. The number of aromatic nitrogens is 4. The summed E-state index contributed by atoms with van der Waals surface area (Å²) in [5.74, 6) is 1.17. The number of nitrogens with one attached hydrogen (secondary N) is 2. The molecule has 0 radical (unpaired) electrons. The van der Waals surface area contributed by atoms with Crippen molar-refractivity contribution in [3.05, 3.63) is 95.9 Å². The Labute approximate surface area is 232 Å². The lowest BCUT2D eigenvalue weighted by atomic mass is 10.1. The van der Waals surface area contributed by atoms with Gasteiger partial charge in [0.2, 0.25) is 5.88 Å². The lowest BCUT2D eigenvalue weighted by Gasteiger charge is -2.32. The summed E-state index contributed by atoms with van der Waals surface area (Å²) in [6.07, 6.45) is 5.21. The molecule has 0 unspecified atom stereocenters. The first kappa shape index (κ1) is 25.7. The summed E-state index contributed by atoms with van der Waals surface area (Å²) in [4.78, 5) is 34.6. The van der Waals surface area contributed by atoms with Crippen LogP contribution in [-0.2, 0) is 6.54 Å². The largest absolute Gasteiger partial charge is 0.437 e. The van der Waals surface area contributed by atoms with Gasteiger partial charge >= 0.3 is 0 Å². The van der Waals surface area contributed by atoms with Crippen LogP contribution in [0.4, 0.5) is 5.69 Å². The monoisotopic (exact) mass is 533 g/mol. The number of carbonyl (C=O) groups excluding carboxylic acids is 1. The summed E-state index contributed by atoms with van der Waals surface area (Å²) in [7, 11) is 2.16. The van der Waals surface area contributed by atoms with Gasteiger partial charge in [0.05, 0.1) is 5.52 Å². The number of piperazine rings is 1. The number of nitrogens with zero attached hydrogens (tertiary/aromatic N) is 5. The molecule has 5 aromatic rings. The molecule has 1 aliphatic rings. The highest BCUT2D eigenvalue weighted by atomic mass is 16.5. The molecule has 9 heteroatoms. The minimum absolute atomic E-state index is 0.208. The normalized spacial score (nSPS) is 14.3. The maximum absolute atomic E-state index is 13.2. The van der Waals surface area contributed by atoms with Gasteiger partial charge in [-0.2, -0.15) is 4.98 Å². The van der Waals surface area contributed by atoms with Crippen molar-refractivity contribution in [2.75, 3.05) is 38.5 Å². The molecule has 4 heterocycles. The van der Waals surface area contributed by atoms with Crippen LogP contribution in [0.1, 0.15) is 21.5 Å². The zero-order valence-electron chi connectivity index (χ0n) is 22.6. The van der Waals surface area contributed by atoms with Crippen molar-refractivity contribution >= 4 is 22.6 Å². The fourth-order valence-corrected chi connectivity index (χ4v) is 4.83. The Bertz CT molecular complexity index is 1640. The molecule has 2 N–H and O–H groups in total. The van der Waals surface area contributed by atoms with E-state index in [4.69, 9.17) is 4.74 Å². The number of H-pyrrole nitrogens is 1.